The van der Waals surface area contributed by atoms with Crippen molar-refractivity contribution in [1.82, 2.24) is 5.32 Å². The highest BCUT2D eigenvalue weighted by Crippen LogP contribution is 2.14. The summed E-state index contributed by atoms with van der Waals surface area (Å²) in [6, 6.07) is -0.724. The molecule has 1 N–H and O–H groups in total. The van der Waals surface area contributed by atoms with Gasteiger partial charge in [-0.05, 0) is 13.3 Å². The van der Waals surface area contributed by atoms with E-state index in [-0.39, 0.29) is 12.8 Å². The lowest BCUT2D eigenvalue weighted by atomic mass is 10.2. The smallest absolute Gasteiger partial charge is 0.469 e. The first-order valence-electron chi connectivity index (χ1n) is 4.22. The molecule has 0 saturated heterocycles. The Morgan fingerprint density at radius 3 is 2.33 bits per heavy atom. The second-order valence-corrected chi connectivity index (χ2v) is 2.99. The van der Waals surface area contributed by atoms with Crippen LogP contribution in [-0.2, 0) is 14.3 Å². The number of hydrogen-bond donors (Lipinski definition) is 1. The first-order chi connectivity index (χ1) is 6.77. The Morgan fingerprint density at radius 2 is 1.93 bits per heavy atom. The van der Waals surface area contributed by atoms with Crippen LogP contribution in [-0.4, -0.2) is 31.2 Å². The van der Waals surface area contributed by atoms with Crippen LogP contribution >= 0.6 is 0 Å². The minimum Gasteiger partial charge on any atom is -0.469 e. The van der Waals surface area contributed by atoms with Crippen LogP contribution in [0.2, 0.25) is 0 Å². The van der Waals surface area contributed by atoms with Gasteiger partial charge in [0, 0.05) is 12.5 Å². The van der Waals surface area contributed by atoms with Crippen LogP contribution in [0.25, 0.3) is 0 Å². The summed E-state index contributed by atoms with van der Waals surface area (Å²) >= 11 is 0. The van der Waals surface area contributed by atoms with E-state index in [1.54, 1.807) is 5.32 Å². The van der Waals surface area contributed by atoms with Crippen molar-refractivity contribution in [2.75, 3.05) is 7.11 Å². The van der Waals surface area contributed by atoms with E-state index in [4.69, 9.17) is 0 Å². The molecule has 0 unspecified atom stereocenters. The number of nitrogens with one attached hydrogen (secondary N) is 1. The van der Waals surface area contributed by atoms with E-state index in [9.17, 15) is 22.8 Å². The molecule has 15 heavy (non-hydrogen) atoms. The van der Waals surface area contributed by atoms with Gasteiger partial charge >= 0.3 is 18.1 Å². The van der Waals surface area contributed by atoms with Gasteiger partial charge in [-0.3, -0.25) is 9.59 Å². The molecule has 0 aromatic heterocycles. The number of halogens is 3. The Bertz CT molecular complexity index is 240. The van der Waals surface area contributed by atoms with E-state index in [1.165, 1.54) is 14.0 Å². The molecule has 0 radical (unpaired) electrons. The summed E-state index contributed by atoms with van der Waals surface area (Å²) in [7, 11) is 1.18. The molecule has 1 amide bonds. The Morgan fingerprint density at radius 1 is 1.40 bits per heavy atom. The Labute approximate surface area is 84.8 Å². The monoisotopic (exact) mass is 227 g/mol. The van der Waals surface area contributed by atoms with Crippen LogP contribution in [0, 0.1) is 0 Å². The van der Waals surface area contributed by atoms with E-state index in [0.29, 0.717) is 0 Å². The van der Waals surface area contributed by atoms with Gasteiger partial charge in [-0.2, -0.15) is 13.2 Å². The topological polar surface area (TPSA) is 55.4 Å². The molecule has 88 valence electrons. The van der Waals surface area contributed by atoms with Crippen LogP contribution in [0.3, 0.4) is 0 Å². The van der Waals surface area contributed by atoms with Crippen molar-refractivity contribution in [3.63, 3.8) is 0 Å². The summed E-state index contributed by atoms with van der Waals surface area (Å²) < 4.78 is 39.6. The first kappa shape index (κ1) is 13.7. The first-order valence-corrected chi connectivity index (χ1v) is 4.22. The Kier molecular flexibility index (Phi) is 5.10. The lowest BCUT2D eigenvalue weighted by Crippen LogP contribution is -2.42. The standard InChI is InChI=1S/C8H12F3NO3/c1-5(3-4-6(13)15-2)12-7(14)8(9,10)11/h5H,3-4H2,1-2H3,(H,12,14)/t5-/m0/s1. The number of hydrogen-bond acceptors (Lipinski definition) is 3. The summed E-state index contributed by atoms with van der Waals surface area (Å²) in [5.74, 6) is -2.53. The molecule has 4 nitrogen and oxygen atoms in total. The van der Waals surface area contributed by atoms with Gasteiger partial charge in [0.15, 0.2) is 0 Å². The van der Waals surface area contributed by atoms with Crippen molar-refractivity contribution in [2.24, 2.45) is 0 Å². The van der Waals surface area contributed by atoms with E-state index in [2.05, 4.69) is 4.74 Å². The third-order valence-corrected chi connectivity index (χ3v) is 1.64. The summed E-state index contributed by atoms with van der Waals surface area (Å²) in [4.78, 5) is 21.1. The quantitative estimate of drug-likeness (QED) is 0.729. The van der Waals surface area contributed by atoms with Gasteiger partial charge in [-0.25, -0.2) is 0 Å². The Hall–Kier alpha value is -1.27. The predicted octanol–water partition coefficient (Wildman–Crippen LogP) is 1.01. The van der Waals surface area contributed by atoms with Crippen molar-refractivity contribution < 1.29 is 27.5 Å². The number of alkyl halides is 3. The van der Waals surface area contributed by atoms with Crippen LogP contribution in [0.15, 0.2) is 0 Å². The zero-order valence-electron chi connectivity index (χ0n) is 8.35. The molecular weight excluding hydrogens is 215 g/mol. The number of ether oxygens (including phenoxy) is 1. The maximum absolute atomic E-state index is 11.8. The molecule has 0 aliphatic carbocycles. The van der Waals surface area contributed by atoms with Crippen molar-refractivity contribution in [3.8, 4) is 0 Å². The van der Waals surface area contributed by atoms with Gasteiger partial charge in [0.1, 0.15) is 0 Å². The fraction of sp³-hybridized carbons (Fsp3) is 0.750. The van der Waals surface area contributed by atoms with Crippen LogP contribution in [0.5, 0.6) is 0 Å². The molecule has 0 rings (SSSR count). The zero-order valence-corrected chi connectivity index (χ0v) is 8.35. The van der Waals surface area contributed by atoms with Gasteiger partial charge in [0.05, 0.1) is 7.11 Å². The fourth-order valence-corrected chi connectivity index (χ4v) is 0.814. The third kappa shape index (κ3) is 5.92. The van der Waals surface area contributed by atoms with E-state index < -0.39 is 24.1 Å². The van der Waals surface area contributed by atoms with Crippen molar-refractivity contribution in [2.45, 2.75) is 32.0 Å². The van der Waals surface area contributed by atoms with Gasteiger partial charge in [-0.1, -0.05) is 0 Å². The van der Waals surface area contributed by atoms with E-state index in [0.717, 1.165) is 0 Å². The number of methoxy groups -OCH3 is 1. The minimum atomic E-state index is -4.89. The second kappa shape index (κ2) is 5.57. The predicted molar refractivity (Wildman–Crippen MR) is 44.9 cm³/mol. The minimum absolute atomic E-state index is 0.0319. The number of amides is 1. The number of esters is 1. The maximum atomic E-state index is 11.8. The normalized spacial score (nSPS) is 13.1. The molecule has 0 aromatic carbocycles. The molecule has 0 aliphatic heterocycles. The molecule has 0 saturated carbocycles. The Balaban J connectivity index is 3.89. The highest BCUT2D eigenvalue weighted by atomic mass is 19.4. The number of carbonyl (C=O) groups is 2. The van der Waals surface area contributed by atoms with Gasteiger partial charge in [0.25, 0.3) is 0 Å². The fourth-order valence-electron chi connectivity index (χ4n) is 0.814. The highest BCUT2D eigenvalue weighted by molar-refractivity contribution is 5.81. The second-order valence-electron chi connectivity index (χ2n) is 2.99. The number of carbonyl (C=O) groups excluding carboxylic acids is 2. The van der Waals surface area contributed by atoms with Gasteiger partial charge in [0.2, 0.25) is 0 Å². The van der Waals surface area contributed by atoms with Gasteiger partial charge < -0.3 is 10.1 Å². The lowest BCUT2D eigenvalue weighted by molar-refractivity contribution is -0.174. The highest BCUT2D eigenvalue weighted by Gasteiger charge is 2.39. The average molecular weight is 227 g/mol. The molecule has 0 aliphatic rings. The molecule has 0 bridgehead atoms. The van der Waals surface area contributed by atoms with Crippen LogP contribution in [0.4, 0.5) is 13.2 Å². The lowest BCUT2D eigenvalue weighted by Gasteiger charge is -2.14. The molecule has 7 heteroatoms. The molecule has 1 atom stereocenters. The third-order valence-electron chi connectivity index (χ3n) is 1.64. The molecule has 0 spiro atoms. The van der Waals surface area contributed by atoms with Crippen molar-refractivity contribution in [3.05, 3.63) is 0 Å². The van der Waals surface area contributed by atoms with E-state index >= 15 is 0 Å². The van der Waals surface area contributed by atoms with Gasteiger partial charge in [-0.15, -0.1) is 0 Å². The van der Waals surface area contributed by atoms with Crippen molar-refractivity contribution in [1.29, 1.82) is 0 Å². The summed E-state index contributed by atoms with van der Waals surface area (Å²) in [6.07, 6.45) is -4.82. The van der Waals surface area contributed by atoms with Crippen molar-refractivity contribution >= 4 is 11.9 Å². The zero-order chi connectivity index (χ0) is 12.1. The van der Waals surface area contributed by atoms with E-state index in [1.807, 2.05) is 0 Å². The largest absolute Gasteiger partial charge is 0.471 e. The molecular formula is C8H12F3NO3. The number of rotatable bonds is 4. The summed E-state index contributed by atoms with van der Waals surface area (Å²) in [6.45, 7) is 1.38. The molecule has 0 heterocycles. The van der Waals surface area contributed by atoms with Crippen LogP contribution in [0.1, 0.15) is 19.8 Å². The summed E-state index contributed by atoms with van der Waals surface area (Å²) in [5, 5.41) is 1.73. The molecule has 0 fully saturated rings. The SMILES string of the molecule is COC(=O)CC[C@H](C)NC(=O)C(F)(F)F. The maximum Gasteiger partial charge on any atom is 0.471 e. The van der Waals surface area contributed by atoms with Crippen LogP contribution < -0.4 is 5.32 Å². The summed E-state index contributed by atoms with van der Waals surface area (Å²) in [5.41, 5.74) is 0. The molecule has 0 aromatic rings. The average Bonchev–Trinajstić information content (AvgIpc) is 2.12.